The first-order valence-electron chi connectivity index (χ1n) is 9.89. The summed E-state index contributed by atoms with van der Waals surface area (Å²) in [5.41, 5.74) is 1.47. The molecule has 0 spiro atoms. The van der Waals surface area contributed by atoms with Crippen LogP contribution in [0.5, 0.6) is 17.2 Å². The highest BCUT2D eigenvalue weighted by molar-refractivity contribution is 6.33. The van der Waals surface area contributed by atoms with Gasteiger partial charge in [0.2, 0.25) is 6.79 Å². The van der Waals surface area contributed by atoms with E-state index in [-0.39, 0.29) is 35.2 Å². The Hall–Kier alpha value is -4.28. The zero-order chi connectivity index (χ0) is 23.2. The molecule has 3 aromatic rings. The second-order valence-electron chi connectivity index (χ2n) is 6.98. The van der Waals surface area contributed by atoms with Crippen molar-refractivity contribution in [1.29, 1.82) is 5.26 Å². The Morgan fingerprint density at radius 2 is 1.88 bits per heavy atom. The Bertz CT molecular complexity index is 1300. The van der Waals surface area contributed by atoms with E-state index >= 15 is 0 Å². The van der Waals surface area contributed by atoms with Gasteiger partial charge in [-0.25, -0.2) is 4.79 Å². The van der Waals surface area contributed by atoms with Gasteiger partial charge in [-0.3, -0.25) is 4.79 Å². The van der Waals surface area contributed by atoms with Crippen LogP contribution in [0.2, 0.25) is 5.02 Å². The van der Waals surface area contributed by atoms with E-state index < -0.39 is 11.9 Å². The number of ether oxygens (including phenoxy) is 3. The lowest BCUT2D eigenvalue weighted by atomic mass is 10.1. The van der Waals surface area contributed by atoms with Crippen LogP contribution in [-0.2, 0) is 11.3 Å². The molecule has 1 aliphatic heterocycles. The number of esters is 1. The maximum absolute atomic E-state index is 12.5. The highest BCUT2D eigenvalue weighted by atomic mass is 35.5. The Kier molecular flexibility index (Phi) is 6.58. The molecule has 164 valence electrons. The van der Waals surface area contributed by atoms with Gasteiger partial charge in [0.25, 0.3) is 5.91 Å². The summed E-state index contributed by atoms with van der Waals surface area (Å²) >= 11 is 6.04. The molecular weight excluding hydrogens is 444 g/mol. The van der Waals surface area contributed by atoms with Crippen LogP contribution in [0.15, 0.2) is 72.3 Å². The van der Waals surface area contributed by atoms with E-state index in [1.165, 1.54) is 6.08 Å². The fourth-order valence-electron chi connectivity index (χ4n) is 3.10. The molecule has 0 bridgehead atoms. The van der Waals surface area contributed by atoms with Crippen molar-refractivity contribution in [1.82, 2.24) is 5.32 Å². The number of halogens is 1. The smallest absolute Gasteiger partial charge is 0.345 e. The summed E-state index contributed by atoms with van der Waals surface area (Å²) in [6, 6.07) is 20.3. The monoisotopic (exact) mass is 460 g/mol. The Morgan fingerprint density at radius 3 is 2.70 bits per heavy atom. The van der Waals surface area contributed by atoms with E-state index in [1.54, 1.807) is 66.7 Å². The molecule has 33 heavy (non-hydrogen) atoms. The lowest BCUT2D eigenvalue weighted by Gasteiger charge is -2.07. The van der Waals surface area contributed by atoms with Crippen molar-refractivity contribution in [2.75, 3.05) is 6.79 Å². The van der Waals surface area contributed by atoms with E-state index in [0.29, 0.717) is 17.1 Å². The molecule has 8 heteroatoms. The molecule has 1 heterocycles. The number of amides is 1. The number of hydrogen-bond acceptors (Lipinski definition) is 6. The zero-order valence-electron chi connectivity index (χ0n) is 17.2. The van der Waals surface area contributed by atoms with Gasteiger partial charge in [0.1, 0.15) is 17.4 Å². The van der Waals surface area contributed by atoms with Crippen LogP contribution in [0, 0.1) is 11.3 Å². The number of carbonyl (C=O) groups excluding carboxylic acids is 2. The molecule has 1 aliphatic rings. The quantitative estimate of drug-likeness (QED) is 0.251. The molecule has 0 saturated heterocycles. The predicted octanol–water partition coefficient (Wildman–Crippen LogP) is 4.51. The normalized spacial score (nSPS) is 12.1. The molecule has 0 fully saturated rings. The van der Waals surface area contributed by atoms with Gasteiger partial charge < -0.3 is 19.5 Å². The van der Waals surface area contributed by atoms with Crippen molar-refractivity contribution in [3.05, 3.63) is 94.0 Å². The van der Waals surface area contributed by atoms with Crippen LogP contribution in [-0.4, -0.2) is 18.7 Å². The van der Waals surface area contributed by atoms with Crippen molar-refractivity contribution in [3.63, 3.8) is 0 Å². The number of nitrogens with zero attached hydrogens (tertiary/aromatic N) is 1. The Balaban J connectivity index is 1.43. The van der Waals surface area contributed by atoms with Crippen LogP contribution < -0.4 is 19.5 Å². The van der Waals surface area contributed by atoms with Gasteiger partial charge in [0, 0.05) is 6.54 Å². The minimum Gasteiger partial charge on any atom is -0.454 e. The van der Waals surface area contributed by atoms with E-state index in [1.807, 2.05) is 6.07 Å². The number of nitriles is 1. The summed E-state index contributed by atoms with van der Waals surface area (Å²) in [5.74, 6) is 0.378. The van der Waals surface area contributed by atoms with Crippen molar-refractivity contribution in [3.8, 4) is 23.3 Å². The van der Waals surface area contributed by atoms with Crippen molar-refractivity contribution in [2.45, 2.75) is 6.54 Å². The van der Waals surface area contributed by atoms with Crippen LogP contribution >= 0.6 is 11.6 Å². The molecule has 1 N–H and O–H groups in total. The largest absolute Gasteiger partial charge is 0.454 e. The van der Waals surface area contributed by atoms with E-state index in [0.717, 1.165) is 5.56 Å². The lowest BCUT2D eigenvalue weighted by Crippen LogP contribution is -2.23. The van der Waals surface area contributed by atoms with Crippen LogP contribution in [0.4, 0.5) is 0 Å². The van der Waals surface area contributed by atoms with Gasteiger partial charge >= 0.3 is 5.97 Å². The van der Waals surface area contributed by atoms with E-state index in [9.17, 15) is 14.9 Å². The lowest BCUT2D eigenvalue weighted by molar-refractivity contribution is -0.117. The first kappa shape index (κ1) is 21.9. The van der Waals surface area contributed by atoms with Gasteiger partial charge in [-0.1, -0.05) is 41.9 Å². The minimum atomic E-state index is -0.608. The highest BCUT2D eigenvalue weighted by Gasteiger charge is 2.15. The first-order valence-corrected chi connectivity index (χ1v) is 10.3. The standard InChI is InChI=1S/C25H17ClN2O5/c26-21-7-2-1-6-20(21)25(30)33-19-5-3-4-16(11-19)10-18(13-27)24(29)28-14-17-8-9-22-23(12-17)32-15-31-22/h1-12H,14-15H2,(H,28,29)/b18-10+. The first-order chi connectivity index (χ1) is 16.0. The van der Waals surface area contributed by atoms with Crippen LogP contribution in [0.3, 0.4) is 0 Å². The summed E-state index contributed by atoms with van der Waals surface area (Å²) in [4.78, 5) is 24.9. The van der Waals surface area contributed by atoms with Gasteiger partial charge in [-0.05, 0) is 53.6 Å². The molecular formula is C25H17ClN2O5. The Labute approximate surface area is 194 Å². The molecule has 0 atom stereocenters. The zero-order valence-corrected chi connectivity index (χ0v) is 18.0. The Morgan fingerprint density at radius 1 is 1.06 bits per heavy atom. The SMILES string of the molecule is N#C/C(=C\c1cccc(OC(=O)c2ccccc2Cl)c1)C(=O)NCc1ccc2c(c1)OCO2. The number of rotatable bonds is 6. The van der Waals surface area contributed by atoms with Gasteiger partial charge in [-0.2, -0.15) is 5.26 Å². The summed E-state index contributed by atoms with van der Waals surface area (Å²) < 4.78 is 16.0. The molecule has 1 amide bonds. The third-order valence-corrected chi connectivity index (χ3v) is 5.06. The maximum Gasteiger partial charge on any atom is 0.345 e. The van der Waals surface area contributed by atoms with Crippen LogP contribution in [0.1, 0.15) is 21.5 Å². The third-order valence-electron chi connectivity index (χ3n) is 4.73. The average molecular weight is 461 g/mol. The van der Waals surface area contributed by atoms with Crippen molar-refractivity contribution < 1.29 is 23.8 Å². The summed E-state index contributed by atoms with van der Waals surface area (Å²) in [5, 5.41) is 12.5. The van der Waals surface area contributed by atoms with Gasteiger partial charge in [0.05, 0.1) is 10.6 Å². The molecule has 4 rings (SSSR count). The van der Waals surface area contributed by atoms with E-state index in [2.05, 4.69) is 5.32 Å². The molecule has 0 saturated carbocycles. The summed E-state index contributed by atoms with van der Waals surface area (Å²) in [6.07, 6.45) is 1.42. The maximum atomic E-state index is 12.5. The van der Waals surface area contributed by atoms with E-state index in [4.69, 9.17) is 25.8 Å². The topological polar surface area (TPSA) is 97.7 Å². The predicted molar refractivity (Wildman–Crippen MR) is 121 cm³/mol. The highest BCUT2D eigenvalue weighted by Crippen LogP contribution is 2.32. The van der Waals surface area contributed by atoms with Gasteiger partial charge in [-0.15, -0.1) is 0 Å². The number of carbonyl (C=O) groups is 2. The molecule has 0 aromatic heterocycles. The second-order valence-corrected chi connectivity index (χ2v) is 7.39. The molecule has 7 nitrogen and oxygen atoms in total. The fraction of sp³-hybridized carbons (Fsp3) is 0.0800. The van der Waals surface area contributed by atoms with Gasteiger partial charge in [0.15, 0.2) is 11.5 Å². The van der Waals surface area contributed by atoms with Crippen molar-refractivity contribution >= 4 is 29.6 Å². The number of fused-ring (bicyclic) bond motifs is 1. The van der Waals surface area contributed by atoms with Crippen LogP contribution in [0.25, 0.3) is 6.08 Å². The molecule has 3 aromatic carbocycles. The molecule has 0 unspecified atom stereocenters. The number of nitrogens with one attached hydrogen (secondary N) is 1. The van der Waals surface area contributed by atoms with Crippen molar-refractivity contribution in [2.24, 2.45) is 0 Å². The fourth-order valence-corrected chi connectivity index (χ4v) is 3.31. The second kappa shape index (κ2) is 9.90. The molecule has 0 aliphatic carbocycles. The summed E-state index contributed by atoms with van der Waals surface area (Å²) in [7, 11) is 0. The molecule has 0 radical (unpaired) electrons. The average Bonchev–Trinajstić information content (AvgIpc) is 3.29. The summed E-state index contributed by atoms with van der Waals surface area (Å²) in [6.45, 7) is 0.378. The number of benzene rings is 3. The minimum absolute atomic E-state index is 0.0923. The third kappa shape index (κ3) is 5.32. The number of hydrogen-bond donors (Lipinski definition) is 1.